The third kappa shape index (κ3) is 3.56. The molecule has 7 heteroatoms. The van der Waals surface area contributed by atoms with Gasteiger partial charge in [-0.05, 0) is 51.9 Å². The number of sulfonamides is 1. The predicted octanol–water partition coefficient (Wildman–Crippen LogP) is 2.23. The average molecular weight is 332 g/mol. The number of nitrogens with zero attached hydrogens (tertiary/aromatic N) is 3. The number of likely N-dealkylation sites (tertiary alicyclic amines) is 1. The lowest BCUT2D eigenvalue weighted by molar-refractivity contribution is 0.140. The fraction of sp³-hybridized carbons (Fsp3) is 0.643. The summed E-state index contributed by atoms with van der Waals surface area (Å²) in [6.45, 7) is 6.17. The van der Waals surface area contributed by atoms with Crippen LogP contribution < -0.4 is 0 Å². The third-order valence-electron chi connectivity index (χ3n) is 4.13. The molecule has 0 N–H and O–H groups in total. The molecule has 0 spiro atoms. The van der Waals surface area contributed by atoms with Gasteiger partial charge in [0.15, 0.2) is 0 Å². The Morgan fingerprint density at radius 3 is 2.52 bits per heavy atom. The molecule has 0 aliphatic carbocycles. The Morgan fingerprint density at radius 2 is 2.00 bits per heavy atom. The minimum atomic E-state index is -3.59. The summed E-state index contributed by atoms with van der Waals surface area (Å²) in [6.07, 6.45) is 3.17. The van der Waals surface area contributed by atoms with Crippen molar-refractivity contribution in [3.05, 3.63) is 23.5 Å². The number of rotatable bonds is 4. The average Bonchev–Trinajstić information content (AvgIpc) is 2.46. The van der Waals surface area contributed by atoms with Crippen molar-refractivity contribution in [3.63, 3.8) is 0 Å². The van der Waals surface area contributed by atoms with Crippen LogP contribution in [-0.2, 0) is 10.0 Å². The lowest BCUT2D eigenvalue weighted by Gasteiger charge is -2.37. The van der Waals surface area contributed by atoms with Gasteiger partial charge in [-0.3, -0.25) is 0 Å². The highest BCUT2D eigenvalue weighted by atomic mass is 35.5. The number of pyridine rings is 1. The van der Waals surface area contributed by atoms with Gasteiger partial charge in [0.2, 0.25) is 10.0 Å². The maximum Gasteiger partial charge on any atom is 0.246 e. The maximum absolute atomic E-state index is 12.7. The first-order chi connectivity index (χ1) is 9.84. The monoisotopic (exact) mass is 331 g/mol. The number of hydrogen-bond acceptors (Lipinski definition) is 4. The van der Waals surface area contributed by atoms with Crippen molar-refractivity contribution in [1.82, 2.24) is 14.2 Å². The highest BCUT2D eigenvalue weighted by molar-refractivity contribution is 7.89. The summed E-state index contributed by atoms with van der Waals surface area (Å²) >= 11 is 5.93. The molecule has 0 bridgehead atoms. The van der Waals surface area contributed by atoms with E-state index in [1.54, 1.807) is 13.1 Å². The molecule has 1 aliphatic rings. The molecule has 118 valence electrons. The van der Waals surface area contributed by atoms with Crippen molar-refractivity contribution in [2.75, 3.05) is 20.1 Å². The van der Waals surface area contributed by atoms with Gasteiger partial charge in [-0.1, -0.05) is 11.6 Å². The van der Waals surface area contributed by atoms with Crippen molar-refractivity contribution < 1.29 is 8.42 Å². The van der Waals surface area contributed by atoms with Crippen molar-refractivity contribution >= 4 is 21.6 Å². The fourth-order valence-electron chi connectivity index (χ4n) is 2.68. The SMILES string of the molecule is CC(C)N1CCC(N(C)S(=O)(=O)c2cccnc2Cl)CC1. The zero-order valence-electron chi connectivity index (χ0n) is 12.7. The van der Waals surface area contributed by atoms with Crippen LogP contribution >= 0.6 is 11.6 Å². The Kier molecular flexibility index (Phi) is 5.24. The van der Waals surface area contributed by atoms with E-state index in [0.717, 1.165) is 25.9 Å². The number of piperidine rings is 1. The summed E-state index contributed by atoms with van der Waals surface area (Å²) in [5.74, 6) is 0. The molecule has 0 saturated carbocycles. The first-order valence-corrected chi connectivity index (χ1v) is 8.98. The van der Waals surface area contributed by atoms with E-state index in [9.17, 15) is 8.42 Å². The van der Waals surface area contributed by atoms with E-state index in [-0.39, 0.29) is 16.1 Å². The van der Waals surface area contributed by atoms with Crippen molar-refractivity contribution in [1.29, 1.82) is 0 Å². The molecular formula is C14H22ClN3O2S. The molecule has 0 aromatic carbocycles. The van der Waals surface area contributed by atoms with E-state index in [4.69, 9.17) is 11.6 Å². The van der Waals surface area contributed by atoms with Crippen LogP contribution in [0.15, 0.2) is 23.2 Å². The van der Waals surface area contributed by atoms with Crippen LogP contribution in [0.1, 0.15) is 26.7 Å². The molecule has 1 aromatic heterocycles. The van der Waals surface area contributed by atoms with Crippen LogP contribution in [0.3, 0.4) is 0 Å². The van der Waals surface area contributed by atoms with Crippen LogP contribution in [0.5, 0.6) is 0 Å². The van der Waals surface area contributed by atoms with Gasteiger partial charge in [-0.25, -0.2) is 13.4 Å². The summed E-state index contributed by atoms with van der Waals surface area (Å²) in [7, 11) is -1.95. The van der Waals surface area contributed by atoms with Gasteiger partial charge in [0, 0.05) is 25.3 Å². The molecule has 0 atom stereocenters. The van der Waals surface area contributed by atoms with E-state index in [1.165, 1.54) is 16.6 Å². The lowest BCUT2D eigenvalue weighted by Crippen LogP contribution is -2.47. The van der Waals surface area contributed by atoms with Crippen molar-refractivity contribution in [2.24, 2.45) is 0 Å². The second-order valence-corrected chi connectivity index (χ2v) is 8.00. The quantitative estimate of drug-likeness (QED) is 0.794. The first-order valence-electron chi connectivity index (χ1n) is 7.16. The number of aromatic nitrogens is 1. The van der Waals surface area contributed by atoms with E-state index in [1.807, 2.05) is 0 Å². The Morgan fingerprint density at radius 1 is 1.38 bits per heavy atom. The molecule has 21 heavy (non-hydrogen) atoms. The molecule has 1 aliphatic heterocycles. The fourth-order valence-corrected chi connectivity index (χ4v) is 4.52. The van der Waals surface area contributed by atoms with E-state index in [0.29, 0.717) is 6.04 Å². The molecule has 1 saturated heterocycles. The zero-order valence-corrected chi connectivity index (χ0v) is 14.2. The van der Waals surface area contributed by atoms with Gasteiger partial charge in [0.05, 0.1) is 0 Å². The van der Waals surface area contributed by atoms with Crippen LogP contribution in [-0.4, -0.2) is 54.8 Å². The van der Waals surface area contributed by atoms with Gasteiger partial charge in [0.1, 0.15) is 10.0 Å². The maximum atomic E-state index is 12.7. The highest BCUT2D eigenvalue weighted by Gasteiger charge is 2.32. The van der Waals surface area contributed by atoms with Crippen molar-refractivity contribution in [3.8, 4) is 0 Å². The topological polar surface area (TPSA) is 53.5 Å². The van der Waals surface area contributed by atoms with Crippen LogP contribution in [0.2, 0.25) is 5.15 Å². The van der Waals surface area contributed by atoms with Gasteiger partial charge in [0.25, 0.3) is 0 Å². The second kappa shape index (κ2) is 6.60. The Hall–Kier alpha value is -0.690. The molecule has 0 unspecified atom stereocenters. The van der Waals surface area contributed by atoms with Crippen LogP contribution in [0, 0.1) is 0 Å². The smallest absolute Gasteiger partial charge is 0.246 e. The van der Waals surface area contributed by atoms with Crippen LogP contribution in [0.25, 0.3) is 0 Å². The number of hydrogen-bond donors (Lipinski definition) is 0. The van der Waals surface area contributed by atoms with Crippen molar-refractivity contribution in [2.45, 2.75) is 43.7 Å². The summed E-state index contributed by atoms with van der Waals surface area (Å²) in [5, 5.41) is 0.0315. The largest absolute Gasteiger partial charge is 0.301 e. The predicted molar refractivity (Wildman–Crippen MR) is 83.9 cm³/mol. The van der Waals surface area contributed by atoms with Gasteiger partial charge in [-0.15, -0.1) is 0 Å². The van der Waals surface area contributed by atoms with Crippen LogP contribution in [0.4, 0.5) is 0 Å². The standard InChI is InChI=1S/C14H22ClN3O2S/c1-11(2)18-9-6-12(7-10-18)17(3)21(19,20)13-5-4-8-16-14(13)15/h4-5,8,11-12H,6-7,9-10H2,1-3H3. The zero-order chi connectivity index (χ0) is 15.6. The first kappa shape index (κ1) is 16.7. The van der Waals surface area contributed by atoms with Gasteiger partial charge >= 0.3 is 0 Å². The Bertz CT molecular complexity index is 584. The third-order valence-corrected chi connectivity index (χ3v) is 6.48. The highest BCUT2D eigenvalue weighted by Crippen LogP contribution is 2.26. The molecule has 2 heterocycles. The molecule has 2 rings (SSSR count). The normalized spacial score (nSPS) is 18.6. The Balaban J connectivity index is 2.13. The molecule has 0 amide bonds. The summed E-state index contributed by atoms with van der Waals surface area (Å²) in [5.41, 5.74) is 0. The second-order valence-electron chi connectivity index (χ2n) is 5.67. The summed E-state index contributed by atoms with van der Waals surface area (Å²) < 4.78 is 26.8. The molecule has 5 nitrogen and oxygen atoms in total. The summed E-state index contributed by atoms with van der Waals surface area (Å²) in [6, 6.07) is 3.61. The molecular weight excluding hydrogens is 310 g/mol. The number of halogens is 1. The molecule has 0 radical (unpaired) electrons. The molecule has 1 aromatic rings. The Labute approximate surface area is 132 Å². The van der Waals surface area contributed by atoms with E-state index < -0.39 is 10.0 Å². The van der Waals surface area contributed by atoms with E-state index in [2.05, 4.69) is 23.7 Å². The van der Waals surface area contributed by atoms with Gasteiger partial charge in [-0.2, -0.15) is 4.31 Å². The van der Waals surface area contributed by atoms with E-state index >= 15 is 0 Å². The summed E-state index contributed by atoms with van der Waals surface area (Å²) in [4.78, 5) is 6.31. The minimum Gasteiger partial charge on any atom is -0.301 e. The van der Waals surface area contributed by atoms with Gasteiger partial charge < -0.3 is 4.90 Å². The molecule has 1 fully saturated rings. The lowest BCUT2D eigenvalue weighted by atomic mass is 10.0. The minimum absolute atomic E-state index is 0.0151.